The minimum absolute atomic E-state index is 0.179. The molecule has 6 heteroatoms. The van der Waals surface area contributed by atoms with Crippen LogP contribution in [0.1, 0.15) is 35.1 Å². The van der Waals surface area contributed by atoms with Crippen molar-refractivity contribution in [2.24, 2.45) is 0 Å². The number of anilines is 1. The Kier molecular flexibility index (Phi) is 3.75. The molecule has 108 valence electrons. The Hall–Kier alpha value is -2.14. The highest BCUT2D eigenvalue weighted by Gasteiger charge is 2.28. The van der Waals surface area contributed by atoms with Crippen LogP contribution in [0.5, 0.6) is 0 Å². The van der Waals surface area contributed by atoms with Crippen molar-refractivity contribution in [2.75, 3.05) is 11.4 Å². The van der Waals surface area contributed by atoms with Gasteiger partial charge in [-0.2, -0.15) is 0 Å². The molecule has 1 atom stereocenters. The first-order valence-corrected chi connectivity index (χ1v) is 7.11. The van der Waals surface area contributed by atoms with Gasteiger partial charge in [0.1, 0.15) is 0 Å². The second kappa shape index (κ2) is 5.69. The lowest BCUT2D eigenvalue weighted by atomic mass is 10.0. The van der Waals surface area contributed by atoms with Gasteiger partial charge in [0.2, 0.25) is 5.82 Å². The summed E-state index contributed by atoms with van der Waals surface area (Å²) in [4.78, 5) is 20.8. The Balaban J connectivity index is 1.90. The fraction of sp³-hybridized carbons (Fsp3) is 0.267. The van der Waals surface area contributed by atoms with Gasteiger partial charge in [-0.25, -0.2) is 14.8 Å². The summed E-state index contributed by atoms with van der Waals surface area (Å²) in [5.74, 6) is -1.31. The van der Waals surface area contributed by atoms with Crippen molar-refractivity contribution in [3.63, 3.8) is 0 Å². The van der Waals surface area contributed by atoms with E-state index in [0.29, 0.717) is 0 Å². The summed E-state index contributed by atoms with van der Waals surface area (Å²) >= 11 is 6.29. The summed E-state index contributed by atoms with van der Waals surface area (Å²) in [6.07, 6.45) is 5.18. The van der Waals surface area contributed by atoms with Gasteiger partial charge in [0.05, 0.1) is 24.1 Å². The van der Waals surface area contributed by atoms with E-state index in [9.17, 15) is 4.79 Å². The van der Waals surface area contributed by atoms with Gasteiger partial charge in [-0.05, 0) is 24.5 Å². The minimum atomic E-state index is -1.12. The minimum Gasteiger partial charge on any atom is -0.475 e. The number of carboxylic acids is 1. The van der Waals surface area contributed by atoms with Crippen molar-refractivity contribution < 1.29 is 9.90 Å². The topological polar surface area (TPSA) is 66.3 Å². The maximum atomic E-state index is 10.8. The smallest absolute Gasteiger partial charge is 0.373 e. The average Bonchev–Trinajstić information content (AvgIpc) is 2.97. The first-order chi connectivity index (χ1) is 10.2. The third-order valence-electron chi connectivity index (χ3n) is 3.68. The molecule has 1 aromatic carbocycles. The summed E-state index contributed by atoms with van der Waals surface area (Å²) in [5, 5.41) is 9.60. The Labute approximate surface area is 127 Å². The van der Waals surface area contributed by atoms with Crippen molar-refractivity contribution >= 4 is 23.3 Å². The quantitative estimate of drug-likeness (QED) is 0.943. The zero-order valence-corrected chi connectivity index (χ0v) is 12.0. The predicted molar refractivity (Wildman–Crippen MR) is 79.8 cm³/mol. The standard InChI is InChI=1S/C15H14ClN3O2/c16-12-5-2-1-4-11(12)13-6-3-7-19(13)10-8-17-14(15(20)21)18-9-10/h1-2,4-5,8-9,13H,3,6-7H2,(H,20,21)/t13-/m0/s1. The third-order valence-corrected chi connectivity index (χ3v) is 4.02. The average molecular weight is 304 g/mol. The van der Waals surface area contributed by atoms with Crippen molar-refractivity contribution in [3.8, 4) is 0 Å². The fourth-order valence-electron chi connectivity index (χ4n) is 2.72. The molecule has 1 N–H and O–H groups in total. The molecule has 0 bridgehead atoms. The number of halogens is 1. The van der Waals surface area contributed by atoms with Crippen molar-refractivity contribution in [3.05, 3.63) is 53.1 Å². The highest BCUT2D eigenvalue weighted by Crippen LogP contribution is 2.38. The number of carbonyl (C=O) groups is 1. The molecule has 21 heavy (non-hydrogen) atoms. The molecule has 3 rings (SSSR count). The van der Waals surface area contributed by atoms with Gasteiger partial charge in [0.15, 0.2) is 0 Å². The van der Waals surface area contributed by atoms with Crippen molar-refractivity contribution in [1.82, 2.24) is 9.97 Å². The first-order valence-electron chi connectivity index (χ1n) is 6.73. The zero-order valence-electron chi connectivity index (χ0n) is 11.2. The molecular formula is C15H14ClN3O2. The second-order valence-electron chi connectivity index (χ2n) is 4.94. The second-order valence-corrected chi connectivity index (χ2v) is 5.35. The van der Waals surface area contributed by atoms with Crippen LogP contribution in [0.15, 0.2) is 36.7 Å². The maximum absolute atomic E-state index is 10.8. The number of hydrogen-bond acceptors (Lipinski definition) is 4. The van der Waals surface area contributed by atoms with Gasteiger partial charge in [-0.15, -0.1) is 0 Å². The van der Waals surface area contributed by atoms with Crippen LogP contribution < -0.4 is 4.90 Å². The van der Waals surface area contributed by atoms with Crippen LogP contribution in [0.3, 0.4) is 0 Å². The van der Waals surface area contributed by atoms with Crippen LogP contribution in [-0.2, 0) is 0 Å². The lowest BCUT2D eigenvalue weighted by Crippen LogP contribution is -2.23. The molecule has 2 heterocycles. The van der Waals surface area contributed by atoms with Crippen molar-refractivity contribution in [1.29, 1.82) is 0 Å². The van der Waals surface area contributed by atoms with Crippen LogP contribution in [0.2, 0.25) is 5.02 Å². The van der Waals surface area contributed by atoms with Gasteiger partial charge in [0, 0.05) is 11.6 Å². The molecule has 0 aliphatic carbocycles. The fourth-order valence-corrected chi connectivity index (χ4v) is 2.99. The molecule has 0 unspecified atom stereocenters. The van der Waals surface area contributed by atoms with E-state index in [-0.39, 0.29) is 11.9 Å². The molecule has 1 aromatic heterocycles. The van der Waals surface area contributed by atoms with Gasteiger partial charge in [-0.3, -0.25) is 0 Å². The Morgan fingerprint density at radius 3 is 2.67 bits per heavy atom. The van der Waals surface area contributed by atoms with Crippen molar-refractivity contribution in [2.45, 2.75) is 18.9 Å². The highest BCUT2D eigenvalue weighted by atomic mass is 35.5. The lowest BCUT2D eigenvalue weighted by molar-refractivity contribution is 0.0683. The normalized spacial score (nSPS) is 18.0. The SMILES string of the molecule is O=C(O)c1ncc(N2CCC[C@H]2c2ccccc2Cl)cn1. The maximum Gasteiger partial charge on any atom is 0.373 e. The largest absolute Gasteiger partial charge is 0.475 e. The van der Waals surface area contributed by atoms with E-state index < -0.39 is 5.97 Å². The summed E-state index contributed by atoms with van der Waals surface area (Å²) in [6.45, 7) is 0.881. The molecule has 1 saturated heterocycles. The van der Waals surface area contributed by atoms with Crippen LogP contribution in [0.4, 0.5) is 5.69 Å². The molecule has 0 radical (unpaired) electrons. The van der Waals surface area contributed by atoms with Crippen LogP contribution >= 0.6 is 11.6 Å². The lowest BCUT2D eigenvalue weighted by Gasteiger charge is -2.27. The number of rotatable bonds is 3. The van der Waals surface area contributed by atoms with E-state index in [1.807, 2.05) is 24.3 Å². The predicted octanol–water partition coefficient (Wildman–Crippen LogP) is 3.17. The van der Waals surface area contributed by atoms with E-state index in [2.05, 4.69) is 14.9 Å². The summed E-state index contributed by atoms with van der Waals surface area (Å²) < 4.78 is 0. The third kappa shape index (κ3) is 2.69. The molecule has 0 amide bonds. The van der Waals surface area contributed by atoms with E-state index in [1.54, 1.807) is 12.4 Å². The molecule has 1 aliphatic heterocycles. The molecule has 1 aliphatic rings. The van der Waals surface area contributed by atoms with Gasteiger partial charge in [-0.1, -0.05) is 29.8 Å². The van der Waals surface area contributed by atoms with E-state index >= 15 is 0 Å². The summed E-state index contributed by atoms with van der Waals surface area (Å²) in [5.41, 5.74) is 1.90. The Morgan fingerprint density at radius 2 is 2.00 bits per heavy atom. The number of hydrogen-bond donors (Lipinski definition) is 1. The summed E-state index contributed by atoms with van der Waals surface area (Å²) in [6, 6.07) is 7.98. The zero-order chi connectivity index (χ0) is 14.8. The van der Waals surface area contributed by atoms with Crippen LogP contribution in [0.25, 0.3) is 0 Å². The molecule has 0 spiro atoms. The van der Waals surface area contributed by atoms with E-state index in [0.717, 1.165) is 35.7 Å². The molecule has 1 fully saturated rings. The molecular weight excluding hydrogens is 290 g/mol. The monoisotopic (exact) mass is 303 g/mol. The number of nitrogens with zero attached hydrogens (tertiary/aromatic N) is 3. The van der Waals surface area contributed by atoms with Gasteiger partial charge >= 0.3 is 5.97 Å². The summed E-state index contributed by atoms with van der Waals surface area (Å²) in [7, 11) is 0. The highest BCUT2D eigenvalue weighted by molar-refractivity contribution is 6.31. The van der Waals surface area contributed by atoms with Crippen LogP contribution in [0, 0.1) is 0 Å². The van der Waals surface area contributed by atoms with Crippen LogP contribution in [-0.4, -0.2) is 27.6 Å². The van der Waals surface area contributed by atoms with Gasteiger partial charge in [0.25, 0.3) is 0 Å². The van der Waals surface area contributed by atoms with E-state index in [4.69, 9.17) is 16.7 Å². The number of carboxylic acid groups (broad SMARTS) is 1. The first kappa shape index (κ1) is 13.8. The molecule has 5 nitrogen and oxygen atoms in total. The number of benzene rings is 1. The van der Waals surface area contributed by atoms with E-state index in [1.165, 1.54) is 0 Å². The number of aromatic carboxylic acids is 1. The molecule has 2 aromatic rings. The molecule has 0 saturated carbocycles. The van der Waals surface area contributed by atoms with Gasteiger partial charge < -0.3 is 10.0 Å². The number of aromatic nitrogens is 2. The Morgan fingerprint density at radius 1 is 1.29 bits per heavy atom. The Bertz CT molecular complexity index is 660.